The fraction of sp³-hybridized carbons (Fsp3) is 0.514. The van der Waals surface area contributed by atoms with Crippen molar-refractivity contribution in [2.24, 2.45) is 0 Å². The molecule has 2 fully saturated rings. The number of aromatic nitrogens is 4. The molecule has 3 aromatic rings. The summed E-state index contributed by atoms with van der Waals surface area (Å²) in [6.45, 7) is 7.07. The van der Waals surface area contributed by atoms with Crippen LogP contribution in [-0.4, -0.2) is 82.3 Å². The van der Waals surface area contributed by atoms with Gasteiger partial charge in [0.15, 0.2) is 5.69 Å². The number of nitrogen functional groups attached to an aromatic ring is 1. The number of carbonyl (C=O) groups excluding carboxylic acids is 1. The number of hydrogen-bond acceptors (Lipinski definition) is 9. The average Bonchev–Trinajstić information content (AvgIpc) is 3.75. The number of hydrogen-bond donors (Lipinski definition) is 1. The van der Waals surface area contributed by atoms with Gasteiger partial charge in [0, 0.05) is 68.6 Å². The number of methoxy groups -OCH3 is 1. The minimum atomic E-state index is -4.67. The average molecular weight is 725 g/mol. The number of benzene rings is 1. The van der Waals surface area contributed by atoms with Crippen LogP contribution in [0, 0.1) is 18.8 Å². The number of rotatable bonds is 4. The summed E-state index contributed by atoms with van der Waals surface area (Å²) in [7, 11) is 4.81. The highest BCUT2D eigenvalue weighted by atomic mass is 19.4. The molecule has 52 heavy (non-hydrogen) atoms. The van der Waals surface area contributed by atoms with Gasteiger partial charge in [0.05, 0.1) is 49.6 Å². The Morgan fingerprint density at radius 3 is 2.60 bits per heavy atom. The van der Waals surface area contributed by atoms with Gasteiger partial charge in [0.1, 0.15) is 5.82 Å². The zero-order valence-corrected chi connectivity index (χ0v) is 30.1. The molecule has 0 saturated carbocycles. The Labute approximate surface area is 300 Å². The maximum atomic E-state index is 14.3. The van der Waals surface area contributed by atoms with Crippen LogP contribution in [0.25, 0.3) is 0 Å². The van der Waals surface area contributed by atoms with Crippen molar-refractivity contribution in [2.45, 2.75) is 84.0 Å². The fourth-order valence-corrected chi connectivity index (χ4v) is 7.55. The second-order valence-corrected chi connectivity index (χ2v) is 13.7. The Morgan fingerprint density at radius 1 is 1.13 bits per heavy atom. The van der Waals surface area contributed by atoms with Gasteiger partial charge < -0.3 is 25.0 Å². The Kier molecular flexibility index (Phi) is 10.8. The molecular formula is C37H44F4N8O3. The largest absolute Gasteiger partial charge is 0.467 e. The zero-order valence-electron chi connectivity index (χ0n) is 30.1. The Balaban J connectivity index is 0.000000396. The molecule has 6 heterocycles. The predicted molar refractivity (Wildman–Crippen MR) is 187 cm³/mol. The van der Waals surface area contributed by atoms with Gasteiger partial charge in [-0.2, -0.15) is 28.2 Å². The Hall–Kier alpha value is -4.68. The molecule has 15 heteroatoms. The minimum absolute atomic E-state index is 0.0146. The third-order valence-electron chi connectivity index (χ3n) is 10.0. The number of halogens is 4. The molecule has 4 aliphatic rings. The first kappa shape index (κ1) is 37.1. The Bertz CT molecular complexity index is 1920. The number of amides is 1. The molecule has 1 amide bonds. The molecule has 2 saturated heterocycles. The van der Waals surface area contributed by atoms with Gasteiger partial charge in [-0.15, -0.1) is 5.92 Å². The number of ether oxygens (including phenoxy) is 2. The van der Waals surface area contributed by atoms with Gasteiger partial charge in [-0.3, -0.25) is 14.4 Å². The molecule has 0 radical (unpaired) electrons. The number of nitrogens with two attached hydrogens (primary N) is 1. The number of aryl methyl sites for hydroxylation is 1. The van der Waals surface area contributed by atoms with Crippen LogP contribution >= 0.6 is 0 Å². The number of anilines is 2. The summed E-state index contributed by atoms with van der Waals surface area (Å²) in [5.74, 6) is 5.48. The van der Waals surface area contributed by atoms with E-state index in [4.69, 9.17) is 15.2 Å². The van der Waals surface area contributed by atoms with E-state index in [2.05, 4.69) is 36.7 Å². The highest BCUT2D eigenvalue weighted by Crippen LogP contribution is 2.43. The summed E-state index contributed by atoms with van der Waals surface area (Å²) in [6.07, 6.45) is -0.488. The van der Waals surface area contributed by atoms with Gasteiger partial charge in [-0.05, 0) is 69.3 Å². The van der Waals surface area contributed by atoms with Crippen LogP contribution in [0.5, 0.6) is 6.01 Å². The lowest BCUT2D eigenvalue weighted by Gasteiger charge is -2.31. The van der Waals surface area contributed by atoms with E-state index < -0.39 is 17.8 Å². The lowest BCUT2D eigenvalue weighted by molar-refractivity contribution is -0.140. The van der Waals surface area contributed by atoms with Crippen LogP contribution in [0.1, 0.15) is 88.4 Å². The second kappa shape index (κ2) is 15.1. The molecule has 1 aromatic carbocycles. The zero-order chi connectivity index (χ0) is 37.3. The van der Waals surface area contributed by atoms with Crippen LogP contribution in [0.4, 0.5) is 29.1 Å². The molecule has 0 aliphatic carbocycles. The van der Waals surface area contributed by atoms with Crippen molar-refractivity contribution < 1.29 is 31.8 Å². The fourth-order valence-electron chi connectivity index (χ4n) is 7.55. The molecule has 0 bridgehead atoms. The smallest absolute Gasteiger partial charge is 0.417 e. The normalized spacial score (nSPS) is 20.6. The summed E-state index contributed by atoms with van der Waals surface area (Å²) in [4.78, 5) is 27.8. The first-order chi connectivity index (χ1) is 24.8. The number of carbonyl (C=O) groups is 1. The summed E-state index contributed by atoms with van der Waals surface area (Å²) >= 11 is 0. The molecule has 2 unspecified atom stereocenters. The van der Waals surface area contributed by atoms with Gasteiger partial charge >= 0.3 is 12.2 Å². The van der Waals surface area contributed by atoms with Crippen molar-refractivity contribution in [1.29, 1.82) is 0 Å². The van der Waals surface area contributed by atoms with Crippen LogP contribution in [0.2, 0.25) is 0 Å². The van der Waals surface area contributed by atoms with E-state index in [-0.39, 0.29) is 41.8 Å². The van der Waals surface area contributed by atoms with Gasteiger partial charge in [0.2, 0.25) is 0 Å². The molecule has 2 N–H and O–H groups in total. The van der Waals surface area contributed by atoms with Crippen molar-refractivity contribution in [3.8, 4) is 17.9 Å². The van der Waals surface area contributed by atoms with Crippen molar-refractivity contribution in [3.05, 3.63) is 68.9 Å². The highest BCUT2D eigenvalue weighted by molar-refractivity contribution is 5.93. The third kappa shape index (κ3) is 7.45. The van der Waals surface area contributed by atoms with Crippen molar-refractivity contribution in [1.82, 2.24) is 29.5 Å². The van der Waals surface area contributed by atoms with E-state index in [1.54, 1.807) is 14.1 Å². The van der Waals surface area contributed by atoms with E-state index in [9.17, 15) is 22.4 Å². The second-order valence-electron chi connectivity index (χ2n) is 13.7. The molecule has 2 aromatic heterocycles. The molecule has 2 atom stereocenters. The standard InChI is InChI=1S/C29H32F3N7O3.C8H12FN/c1-6-8-17-11-18(33)12-19(24(17)29(30,31)32)23-13-21-20(15-42-23)26(35-28(34-21)41-5)38-9-7-10-39-22(14-38)16(2)25(36-39)27(40)37(3)4;9-5-7-4-8-2-1-3-10(8)6-7/h11-12,23H,7,9-10,13-15,33H2,1-5H3;5,8H,1-4,6H2/b;7-5-. The monoisotopic (exact) mass is 724 g/mol. The minimum Gasteiger partial charge on any atom is -0.467 e. The van der Waals surface area contributed by atoms with Gasteiger partial charge in [0.25, 0.3) is 5.91 Å². The SMILES string of the molecule is CC#Cc1cc(N)cc(C2Cc3nc(OC)nc(N4CCCn5nc(C(=O)N(C)C)c(C)c5C4)c3CO2)c1C(F)(F)F.F/C=C1/CC2CCCN2C1. The van der Waals surface area contributed by atoms with Crippen LogP contribution in [-0.2, 0) is 37.0 Å². The van der Waals surface area contributed by atoms with E-state index in [1.165, 1.54) is 50.5 Å². The molecule has 4 aliphatic heterocycles. The predicted octanol–water partition coefficient (Wildman–Crippen LogP) is 5.60. The van der Waals surface area contributed by atoms with Crippen molar-refractivity contribution >= 4 is 17.4 Å². The third-order valence-corrected chi connectivity index (χ3v) is 10.0. The van der Waals surface area contributed by atoms with Crippen molar-refractivity contribution in [2.75, 3.05) is 51.5 Å². The highest BCUT2D eigenvalue weighted by Gasteiger charge is 2.40. The van der Waals surface area contributed by atoms with E-state index >= 15 is 0 Å². The first-order valence-corrected chi connectivity index (χ1v) is 17.4. The molecule has 0 spiro atoms. The Morgan fingerprint density at radius 2 is 1.92 bits per heavy atom. The van der Waals surface area contributed by atoms with Crippen LogP contribution < -0.4 is 15.4 Å². The van der Waals surface area contributed by atoms with Crippen LogP contribution in [0.15, 0.2) is 24.0 Å². The van der Waals surface area contributed by atoms with E-state index in [1.807, 2.05) is 11.6 Å². The lowest BCUT2D eigenvalue weighted by Crippen LogP contribution is -2.29. The van der Waals surface area contributed by atoms with E-state index in [0.29, 0.717) is 48.4 Å². The quantitative estimate of drug-likeness (QED) is 0.209. The molecule has 7 rings (SSSR count). The van der Waals surface area contributed by atoms with Gasteiger partial charge in [-0.25, -0.2) is 4.39 Å². The molecule has 278 valence electrons. The summed E-state index contributed by atoms with van der Waals surface area (Å²) in [6, 6.07) is 3.31. The maximum Gasteiger partial charge on any atom is 0.417 e. The van der Waals surface area contributed by atoms with Crippen molar-refractivity contribution in [3.63, 3.8) is 0 Å². The molecular weight excluding hydrogens is 680 g/mol. The number of alkyl halides is 3. The number of fused-ring (bicyclic) bond motifs is 3. The first-order valence-electron chi connectivity index (χ1n) is 17.4. The summed E-state index contributed by atoms with van der Waals surface area (Å²) < 4.78 is 68.2. The van der Waals surface area contributed by atoms with Gasteiger partial charge in [-0.1, -0.05) is 5.92 Å². The van der Waals surface area contributed by atoms with E-state index in [0.717, 1.165) is 42.5 Å². The lowest BCUT2D eigenvalue weighted by atomic mass is 9.91. The summed E-state index contributed by atoms with van der Waals surface area (Å²) in [5, 5.41) is 4.58. The topological polar surface area (TPSA) is 115 Å². The van der Waals surface area contributed by atoms with Crippen LogP contribution in [0.3, 0.4) is 0 Å². The summed E-state index contributed by atoms with van der Waals surface area (Å²) in [5.41, 5.74) is 9.30. The number of nitrogens with zero attached hydrogens (tertiary/aromatic N) is 7. The maximum absolute atomic E-state index is 14.3. The molecule has 11 nitrogen and oxygen atoms in total.